The van der Waals surface area contributed by atoms with Crippen molar-refractivity contribution in [2.45, 2.75) is 20.4 Å². The predicted molar refractivity (Wildman–Crippen MR) is 121 cm³/mol. The molecule has 0 bridgehead atoms. The summed E-state index contributed by atoms with van der Waals surface area (Å²) in [5.41, 5.74) is 0.950. The topological polar surface area (TPSA) is 129 Å². The van der Waals surface area contributed by atoms with Crippen LogP contribution in [0.1, 0.15) is 13.8 Å². The van der Waals surface area contributed by atoms with Crippen LogP contribution in [0, 0.1) is 10.1 Å². The number of carbonyl (C=O) groups excluding carboxylic acids is 2. The molecule has 0 unspecified atom stereocenters. The molecular weight excluding hydrogens is 430 g/mol. The minimum absolute atomic E-state index is 0.132. The van der Waals surface area contributed by atoms with E-state index in [4.69, 9.17) is 9.47 Å². The molecule has 0 atom stereocenters. The first-order valence-electron chi connectivity index (χ1n) is 10.3. The number of non-ortho nitro benzene ring substituents is 1. The second kappa shape index (κ2) is 10.4. The van der Waals surface area contributed by atoms with E-state index in [2.05, 4.69) is 10.3 Å². The Balaban J connectivity index is 1.75. The van der Waals surface area contributed by atoms with Crippen molar-refractivity contribution in [1.82, 2.24) is 14.5 Å². The molecule has 0 aliphatic heterocycles. The largest absolute Gasteiger partial charge is 0.497 e. The lowest BCUT2D eigenvalue weighted by Gasteiger charge is -2.19. The normalized spacial score (nSPS) is 10.6. The average Bonchev–Trinajstić information content (AvgIpc) is 3.20. The summed E-state index contributed by atoms with van der Waals surface area (Å²) < 4.78 is 12.3. The van der Waals surface area contributed by atoms with Crippen LogP contribution in [-0.4, -0.2) is 58.0 Å². The highest BCUT2D eigenvalue weighted by Gasteiger charge is 2.18. The number of carbonyl (C=O) groups is 2. The summed E-state index contributed by atoms with van der Waals surface area (Å²) in [6.07, 6.45) is 1.39. The van der Waals surface area contributed by atoms with Crippen molar-refractivity contribution in [3.05, 3.63) is 52.8 Å². The Morgan fingerprint density at radius 1 is 1.18 bits per heavy atom. The zero-order chi connectivity index (χ0) is 24.0. The number of hydrogen-bond donors (Lipinski definition) is 1. The number of anilines is 1. The van der Waals surface area contributed by atoms with Crippen molar-refractivity contribution in [2.24, 2.45) is 0 Å². The third-order valence-corrected chi connectivity index (χ3v) is 5.01. The number of nitrogens with zero attached hydrogens (tertiary/aromatic N) is 4. The van der Waals surface area contributed by atoms with E-state index >= 15 is 0 Å². The highest BCUT2D eigenvalue weighted by atomic mass is 16.6. The lowest BCUT2D eigenvalue weighted by molar-refractivity contribution is -0.383. The number of hydrogen-bond acceptors (Lipinski definition) is 7. The molecule has 0 radical (unpaired) electrons. The molecule has 2 aromatic carbocycles. The average molecular weight is 455 g/mol. The minimum atomic E-state index is -0.510. The lowest BCUT2D eigenvalue weighted by Crippen LogP contribution is -2.34. The molecule has 0 aliphatic rings. The number of amides is 2. The molecule has 3 rings (SSSR count). The van der Waals surface area contributed by atoms with Crippen molar-refractivity contribution in [2.75, 3.05) is 32.1 Å². The van der Waals surface area contributed by atoms with Crippen molar-refractivity contribution in [1.29, 1.82) is 0 Å². The van der Waals surface area contributed by atoms with Gasteiger partial charge in [-0.05, 0) is 19.9 Å². The standard InChI is InChI=1S/C22H25N5O6/c1-4-25(5-2)21(29)13-33-17-10-15(9-16(11-17)32-3)24-20(28)12-26-14-23-18-7-6-8-19(22(18)26)27(30)31/h6-11,14H,4-5,12-13H2,1-3H3,(H,24,28). The molecular formula is C22H25N5O6. The number of likely N-dealkylation sites (N-methyl/N-ethyl adjacent to an activating group) is 1. The second-order valence-electron chi connectivity index (χ2n) is 7.07. The smallest absolute Gasteiger partial charge is 0.295 e. The fraction of sp³-hybridized carbons (Fsp3) is 0.318. The van der Waals surface area contributed by atoms with Crippen molar-refractivity contribution < 1.29 is 24.0 Å². The van der Waals surface area contributed by atoms with Gasteiger partial charge in [0, 0.05) is 43.0 Å². The fourth-order valence-electron chi connectivity index (χ4n) is 3.39. The van der Waals surface area contributed by atoms with E-state index in [9.17, 15) is 19.7 Å². The van der Waals surface area contributed by atoms with E-state index in [0.29, 0.717) is 35.8 Å². The summed E-state index contributed by atoms with van der Waals surface area (Å²) in [7, 11) is 1.47. The summed E-state index contributed by atoms with van der Waals surface area (Å²) in [6.45, 7) is 4.61. The third-order valence-electron chi connectivity index (χ3n) is 5.01. The van der Waals surface area contributed by atoms with Crippen molar-refractivity contribution in [3.63, 3.8) is 0 Å². The summed E-state index contributed by atoms with van der Waals surface area (Å²) in [5, 5.41) is 14.1. The molecule has 11 nitrogen and oxygen atoms in total. The Morgan fingerprint density at radius 2 is 1.91 bits per heavy atom. The van der Waals surface area contributed by atoms with E-state index in [1.165, 1.54) is 24.1 Å². The van der Waals surface area contributed by atoms with Gasteiger partial charge < -0.3 is 24.3 Å². The number of aromatic nitrogens is 2. The first-order chi connectivity index (χ1) is 15.9. The van der Waals surface area contributed by atoms with Crippen molar-refractivity contribution in [3.8, 4) is 11.5 Å². The number of para-hydroxylation sites is 1. The van der Waals surface area contributed by atoms with Gasteiger partial charge in [0.1, 0.15) is 23.6 Å². The molecule has 3 aromatic rings. The number of nitro benzene ring substituents is 1. The maximum atomic E-state index is 12.7. The molecule has 1 heterocycles. The Bertz CT molecular complexity index is 1170. The SMILES string of the molecule is CCN(CC)C(=O)COc1cc(NC(=O)Cn2cnc3cccc([N+](=O)[O-])c32)cc(OC)c1. The van der Waals surface area contributed by atoms with Crippen LogP contribution in [-0.2, 0) is 16.1 Å². The fourth-order valence-corrected chi connectivity index (χ4v) is 3.39. The van der Waals surface area contributed by atoms with Crippen LogP contribution in [0.15, 0.2) is 42.7 Å². The Labute approximate surface area is 190 Å². The second-order valence-corrected chi connectivity index (χ2v) is 7.07. The van der Waals surface area contributed by atoms with Crippen LogP contribution in [0.3, 0.4) is 0 Å². The summed E-state index contributed by atoms with van der Waals surface area (Å²) in [4.78, 5) is 41.5. The molecule has 1 aromatic heterocycles. The van der Waals surface area contributed by atoms with Gasteiger partial charge in [-0.1, -0.05) is 6.07 Å². The van der Waals surface area contributed by atoms with Gasteiger partial charge in [0.2, 0.25) is 5.91 Å². The Hall–Kier alpha value is -4.15. The molecule has 1 N–H and O–H groups in total. The quantitative estimate of drug-likeness (QED) is 0.368. The maximum Gasteiger partial charge on any atom is 0.295 e. The molecule has 11 heteroatoms. The zero-order valence-corrected chi connectivity index (χ0v) is 18.6. The van der Waals surface area contributed by atoms with Gasteiger partial charge in [0.15, 0.2) is 6.61 Å². The van der Waals surface area contributed by atoms with Gasteiger partial charge in [-0.3, -0.25) is 19.7 Å². The highest BCUT2D eigenvalue weighted by Crippen LogP contribution is 2.27. The molecule has 0 fully saturated rings. The van der Waals surface area contributed by atoms with Gasteiger partial charge in [0.05, 0.1) is 23.9 Å². The van der Waals surface area contributed by atoms with E-state index in [0.717, 1.165) is 0 Å². The summed E-state index contributed by atoms with van der Waals surface area (Å²) in [5.74, 6) is 0.212. The van der Waals surface area contributed by atoms with Gasteiger partial charge in [0.25, 0.3) is 11.6 Å². The molecule has 0 spiro atoms. The van der Waals surface area contributed by atoms with E-state index in [1.807, 2.05) is 13.8 Å². The van der Waals surface area contributed by atoms with Crippen LogP contribution < -0.4 is 14.8 Å². The van der Waals surface area contributed by atoms with Gasteiger partial charge in [-0.25, -0.2) is 4.98 Å². The monoisotopic (exact) mass is 455 g/mol. The van der Waals surface area contributed by atoms with Crippen LogP contribution in [0.5, 0.6) is 11.5 Å². The minimum Gasteiger partial charge on any atom is -0.497 e. The number of imidazole rings is 1. The number of nitrogens with one attached hydrogen (secondary N) is 1. The third kappa shape index (κ3) is 5.56. The van der Waals surface area contributed by atoms with E-state index < -0.39 is 10.8 Å². The number of methoxy groups -OCH3 is 1. The Morgan fingerprint density at radius 3 is 2.58 bits per heavy atom. The van der Waals surface area contributed by atoms with Crippen LogP contribution in [0.2, 0.25) is 0 Å². The molecule has 174 valence electrons. The van der Waals surface area contributed by atoms with E-state index in [-0.39, 0.29) is 30.3 Å². The summed E-state index contributed by atoms with van der Waals surface area (Å²) in [6, 6.07) is 9.33. The first kappa shape index (κ1) is 23.5. The number of rotatable bonds is 10. The molecule has 33 heavy (non-hydrogen) atoms. The predicted octanol–water partition coefficient (Wildman–Crippen LogP) is 2.84. The van der Waals surface area contributed by atoms with Crippen molar-refractivity contribution >= 4 is 34.2 Å². The Kier molecular flexibility index (Phi) is 7.44. The van der Waals surface area contributed by atoms with E-state index in [1.54, 1.807) is 35.2 Å². The van der Waals surface area contributed by atoms with Crippen LogP contribution >= 0.6 is 0 Å². The van der Waals surface area contributed by atoms with Crippen LogP contribution in [0.4, 0.5) is 11.4 Å². The number of nitro groups is 1. The maximum absolute atomic E-state index is 12.7. The molecule has 0 saturated carbocycles. The molecule has 0 aliphatic carbocycles. The van der Waals surface area contributed by atoms with Gasteiger partial charge in [-0.2, -0.15) is 0 Å². The first-order valence-corrected chi connectivity index (χ1v) is 10.3. The molecule has 0 saturated heterocycles. The number of fused-ring (bicyclic) bond motifs is 1. The molecule has 2 amide bonds. The highest BCUT2D eigenvalue weighted by molar-refractivity contribution is 5.93. The van der Waals surface area contributed by atoms with Gasteiger partial charge >= 0.3 is 0 Å². The number of benzene rings is 2. The summed E-state index contributed by atoms with van der Waals surface area (Å²) >= 11 is 0. The van der Waals surface area contributed by atoms with Gasteiger partial charge in [-0.15, -0.1) is 0 Å². The zero-order valence-electron chi connectivity index (χ0n) is 18.6. The lowest BCUT2D eigenvalue weighted by atomic mass is 10.2. The number of ether oxygens (including phenoxy) is 2. The van der Waals surface area contributed by atoms with Crippen LogP contribution in [0.25, 0.3) is 11.0 Å².